The minimum atomic E-state index is -3.81. The highest BCUT2D eigenvalue weighted by atomic mass is 19.3. The number of amides is 1. The second kappa shape index (κ2) is 2.72. The van der Waals surface area contributed by atoms with Gasteiger partial charge >= 0.3 is 12.0 Å². The lowest BCUT2D eigenvalue weighted by molar-refractivity contribution is -0.226. The van der Waals surface area contributed by atoms with Crippen molar-refractivity contribution in [3.63, 3.8) is 0 Å². The number of halogens is 2. The molecule has 3 nitrogen and oxygen atoms in total. The lowest BCUT2D eigenvalue weighted by Gasteiger charge is -2.09. The predicted octanol–water partition coefficient (Wildman–Crippen LogP) is 0.101. The van der Waals surface area contributed by atoms with Crippen LogP contribution >= 0.6 is 0 Å². The molecule has 0 heterocycles. The van der Waals surface area contributed by atoms with Crippen LogP contribution in [0.2, 0.25) is 0 Å². The predicted molar refractivity (Wildman–Crippen MR) is 25.8 cm³/mol. The van der Waals surface area contributed by atoms with Gasteiger partial charge in [-0.1, -0.05) is 0 Å². The number of hydrogen-bond donors (Lipinski definition) is 1. The lowest BCUT2D eigenvalue weighted by atomic mass is 10.6. The molecule has 54 valence electrons. The molecule has 0 saturated carbocycles. The molecule has 0 aromatic carbocycles. The first-order valence-electron chi connectivity index (χ1n) is 2.32. The van der Waals surface area contributed by atoms with Gasteiger partial charge in [0, 0.05) is 0 Å². The summed E-state index contributed by atoms with van der Waals surface area (Å²) in [5, 5.41) is 0. The number of rotatable bonds is 3. The highest BCUT2D eigenvalue weighted by Gasteiger charge is 2.37. The average Bonchev–Trinajstić information content (AvgIpc) is 1.65. The van der Waals surface area contributed by atoms with E-state index in [1.165, 1.54) is 6.92 Å². The van der Waals surface area contributed by atoms with E-state index in [1.807, 2.05) is 0 Å². The fourth-order valence-corrected chi connectivity index (χ4v) is 0.252. The first-order chi connectivity index (χ1) is 4.00. The summed E-state index contributed by atoms with van der Waals surface area (Å²) < 4.78 is 27.4. The number of ether oxygens (including phenoxy) is 1. The zero-order chi connectivity index (χ0) is 7.49. The van der Waals surface area contributed by atoms with Gasteiger partial charge in [-0.15, -0.1) is 0 Å². The standard InChI is InChI=1S/C4H7F2NO2/c1-2-9-4(5,6)3(7)8/h2H2,1H3,(H2,7,8). The van der Waals surface area contributed by atoms with Crippen molar-refractivity contribution in [3.05, 3.63) is 0 Å². The van der Waals surface area contributed by atoms with E-state index in [1.54, 1.807) is 0 Å². The Morgan fingerprint density at radius 1 is 1.78 bits per heavy atom. The quantitative estimate of drug-likeness (QED) is 0.602. The first-order valence-corrected chi connectivity index (χ1v) is 2.32. The Hall–Kier alpha value is -0.710. The number of nitrogens with two attached hydrogens (primary N) is 1. The Kier molecular flexibility index (Phi) is 2.51. The molecule has 0 rings (SSSR count). The Morgan fingerprint density at radius 3 is 2.33 bits per heavy atom. The number of carbonyl (C=O) groups excluding carboxylic acids is 1. The lowest BCUT2D eigenvalue weighted by Crippen LogP contribution is -2.37. The summed E-state index contributed by atoms with van der Waals surface area (Å²) >= 11 is 0. The molecular weight excluding hydrogens is 132 g/mol. The number of carbonyl (C=O) groups is 1. The van der Waals surface area contributed by atoms with Crippen LogP contribution in [0.25, 0.3) is 0 Å². The van der Waals surface area contributed by atoms with E-state index in [9.17, 15) is 13.6 Å². The zero-order valence-electron chi connectivity index (χ0n) is 4.86. The van der Waals surface area contributed by atoms with E-state index in [0.29, 0.717) is 0 Å². The van der Waals surface area contributed by atoms with Gasteiger partial charge in [0.2, 0.25) is 0 Å². The third-order valence-electron chi connectivity index (χ3n) is 0.612. The minimum Gasteiger partial charge on any atom is -0.362 e. The van der Waals surface area contributed by atoms with Gasteiger partial charge in [-0.3, -0.25) is 4.79 Å². The summed E-state index contributed by atoms with van der Waals surface area (Å²) in [7, 11) is 0. The Labute approximate surface area is 50.8 Å². The molecule has 1 amide bonds. The van der Waals surface area contributed by atoms with Gasteiger partial charge in [0.05, 0.1) is 6.61 Å². The van der Waals surface area contributed by atoms with Crippen LogP contribution in [-0.4, -0.2) is 18.6 Å². The molecular formula is C4H7F2NO2. The van der Waals surface area contributed by atoms with Crippen LogP contribution in [0.5, 0.6) is 0 Å². The zero-order valence-corrected chi connectivity index (χ0v) is 4.86. The molecule has 0 spiro atoms. The molecule has 0 radical (unpaired) electrons. The van der Waals surface area contributed by atoms with Crippen molar-refractivity contribution in [1.29, 1.82) is 0 Å². The summed E-state index contributed by atoms with van der Waals surface area (Å²) in [6.07, 6.45) is -3.81. The van der Waals surface area contributed by atoms with Crippen LogP contribution in [0.4, 0.5) is 8.78 Å². The maximum atomic E-state index is 11.8. The van der Waals surface area contributed by atoms with Crippen molar-refractivity contribution in [2.24, 2.45) is 5.73 Å². The van der Waals surface area contributed by atoms with Gasteiger partial charge in [0.25, 0.3) is 0 Å². The Morgan fingerprint density at radius 2 is 2.22 bits per heavy atom. The molecule has 0 fully saturated rings. The fourth-order valence-electron chi connectivity index (χ4n) is 0.252. The summed E-state index contributed by atoms with van der Waals surface area (Å²) in [6.45, 7) is 1.10. The van der Waals surface area contributed by atoms with Crippen molar-refractivity contribution in [2.75, 3.05) is 6.61 Å². The second-order valence-electron chi connectivity index (χ2n) is 1.31. The highest BCUT2D eigenvalue weighted by molar-refractivity contribution is 5.79. The smallest absolute Gasteiger partial charge is 0.362 e. The molecule has 2 N–H and O–H groups in total. The molecule has 0 atom stereocenters. The van der Waals surface area contributed by atoms with Gasteiger partial charge < -0.3 is 10.5 Å². The molecule has 0 unspecified atom stereocenters. The molecule has 0 aromatic rings. The molecule has 9 heavy (non-hydrogen) atoms. The number of primary amides is 1. The van der Waals surface area contributed by atoms with Gasteiger partial charge in [0.1, 0.15) is 0 Å². The third kappa shape index (κ3) is 2.36. The Bertz CT molecular complexity index is 115. The van der Waals surface area contributed by atoms with Crippen LogP contribution in [0.15, 0.2) is 0 Å². The summed E-state index contributed by atoms with van der Waals surface area (Å²) in [4.78, 5) is 9.76. The van der Waals surface area contributed by atoms with Gasteiger partial charge in [-0.2, -0.15) is 8.78 Å². The van der Waals surface area contributed by atoms with Gasteiger partial charge in [-0.05, 0) is 6.92 Å². The van der Waals surface area contributed by atoms with Crippen molar-refractivity contribution >= 4 is 5.91 Å². The summed E-state index contributed by atoms with van der Waals surface area (Å²) in [5.41, 5.74) is 4.24. The van der Waals surface area contributed by atoms with Crippen molar-refractivity contribution in [1.82, 2.24) is 0 Å². The van der Waals surface area contributed by atoms with Crippen molar-refractivity contribution < 1.29 is 18.3 Å². The normalized spacial score (nSPS) is 11.4. The van der Waals surface area contributed by atoms with Gasteiger partial charge in [-0.25, -0.2) is 0 Å². The molecule has 0 aliphatic carbocycles. The minimum absolute atomic E-state index is 0.240. The maximum Gasteiger partial charge on any atom is 0.436 e. The van der Waals surface area contributed by atoms with E-state index < -0.39 is 12.0 Å². The van der Waals surface area contributed by atoms with E-state index >= 15 is 0 Å². The van der Waals surface area contributed by atoms with Crippen LogP contribution in [0, 0.1) is 0 Å². The van der Waals surface area contributed by atoms with Crippen LogP contribution in [-0.2, 0) is 9.53 Å². The summed E-state index contributed by atoms with van der Waals surface area (Å²) in [5.74, 6) is -1.76. The van der Waals surface area contributed by atoms with Crippen molar-refractivity contribution in [2.45, 2.75) is 13.0 Å². The molecule has 0 aliphatic heterocycles. The maximum absolute atomic E-state index is 11.8. The van der Waals surface area contributed by atoms with Gasteiger partial charge in [0.15, 0.2) is 0 Å². The van der Waals surface area contributed by atoms with Crippen LogP contribution in [0.1, 0.15) is 6.92 Å². The Balaban J connectivity index is 3.85. The SMILES string of the molecule is CCOC(F)(F)C(N)=O. The largest absolute Gasteiger partial charge is 0.436 e. The van der Waals surface area contributed by atoms with Crippen molar-refractivity contribution in [3.8, 4) is 0 Å². The molecule has 5 heteroatoms. The number of alkyl halides is 2. The average molecular weight is 139 g/mol. The van der Waals surface area contributed by atoms with Crippen LogP contribution in [0.3, 0.4) is 0 Å². The number of hydrogen-bond acceptors (Lipinski definition) is 2. The van der Waals surface area contributed by atoms with Crippen LogP contribution < -0.4 is 5.73 Å². The van der Waals surface area contributed by atoms with E-state index in [0.717, 1.165) is 0 Å². The second-order valence-corrected chi connectivity index (χ2v) is 1.31. The molecule has 0 saturated heterocycles. The monoisotopic (exact) mass is 139 g/mol. The van der Waals surface area contributed by atoms with E-state index in [2.05, 4.69) is 10.5 Å². The first kappa shape index (κ1) is 8.29. The third-order valence-corrected chi connectivity index (χ3v) is 0.612. The molecule has 0 aromatic heterocycles. The fraction of sp³-hybridized carbons (Fsp3) is 0.750. The van der Waals surface area contributed by atoms with E-state index in [-0.39, 0.29) is 6.61 Å². The molecule has 0 aliphatic rings. The molecule has 0 bridgehead atoms. The highest BCUT2D eigenvalue weighted by Crippen LogP contribution is 2.12. The van der Waals surface area contributed by atoms with E-state index in [4.69, 9.17) is 0 Å². The summed E-state index contributed by atoms with van der Waals surface area (Å²) in [6, 6.07) is 0. The topological polar surface area (TPSA) is 52.3 Å².